The van der Waals surface area contributed by atoms with Gasteiger partial charge in [-0.2, -0.15) is 0 Å². The number of hydrogen-bond acceptors (Lipinski definition) is 4. The number of hydrogen-bond donors (Lipinski definition) is 1. The van der Waals surface area contributed by atoms with Crippen LogP contribution in [-0.2, 0) is 13.1 Å². The Morgan fingerprint density at radius 3 is 2.62 bits per heavy atom. The van der Waals surface area contributed by atoms with Gasteiger partial charge in [0.15, 0.2) is 5.11 Å². The highest BCUT2D eigenvalue weighted by Gasteiger charge is 2.41. The molecule has 0 aliphatic carbocycles. The van der Waals surface area contributed by atoms with Gasteiger partial charge >= 0.3 is 0 Å². The summed E-state index contributed by atoms with van der Waals surface area (Å²) in [6, 6.07) is 22.1. The molecule has 4 heterocycles. The Labute approximate surface area is 192 Å². The van der Waals surface area contributed by atoms with E-state index in [1.807, 2.05) is 48.7 Å². The molecule has 2 atom stereocenters. The summed E-state index contributed by atoms with van der Waals surface area (Å²) < 4.78 is 13.1. The number of ether oxygens (including phenoxy) is 1. The Hall–Kier alpha value is -3.58. The molecular formula is C25H24N4O2S. The smallest absolute Gasteiger partial charge is 0.170 e. The van der Waals surface area contributed by atoms with Crippen molar-refractivity contribution in [3.8, 4) is 5.75 Å². The zero-order valence-electron chi connectivity index (χ0n) is 17.7. The van der Waals surface area contributed by atoms with Gasteiger partial charge < -0.3 is 23.9 Å². The predicted molar refractivity (Wildman–Crippen MR) is 126 cm³/mol. The first-order valence-corrected chi connectivity index (χ1v) is 10.9. The van der Waals surface area contributed by atoms with Crippen LogP contribution in [0.5, 0.6) is 5.75 Å². The number of thiocarbonyl (C=S) groups is 1. The normalized spacial score (nSPS) is 18.0. The summed E-state index contributed by atoms with van der Waals surface area (Å²) in [5.41, 5.74) is 3.27. The molecule has 0 spiro atoms. The summed E-state index contributed by atoms with van der Waals surface area (Å²) in [4.78, 5) is 6.87. The highest BCUT2D eigenvalue weighted by Crippen LogP contribution is 2.39. The van der Waals surface area contributed by atoms with Crippen molar-refractivity contribution in [1.82, 2.24) is 19.8 Å². The molecule has 0 amide bonds. The summed E-state index contributed by atoms with van der Waals surface area (Å²) in [6.45, 7) is 1.33. The van der Waals surface area contributed by atoms with E-state index in [4.69, 9.17) is 21.4 Å². The molecule has 0 unspecified atom stereocenters. The monoisotopic (exact) mass is 444 g/mol. The maximum atomic E-state index is 5.81. The van der Waals surface area contributed by atoms with Crippen molar-refractivity contribution in [2.24, 2.45) is 0 Å². The maximum Gasteiger partial charge on any atom is 0.170 e. The third-order valence-corrected chi connectivity index (χ3v) is 6.14. The van der Waals surface area contributed by atoms with Gasteiger partial charge in [0.2, 0.25) is 0 Å². The van der Waals surface area contributed by atoms with Crippen LogP contribution in [-0.4, -0.2) is 26.7 Å². The first-order valence-electron chi connectivity index (χ1n) is 10.5. The third kappa shape index (κ3) is 3.99. The van der Waals surface area contributed by atoms with Crippen LogP contribution in [0.15, 0.2) is 89.8 Å². The van der Waals surface area contributed by atoms with Crippen molar-refractivity contribution in [3.63, 3.8) is 0 Å². The van der Waals surface area contributed by atoms with E-state index in [1.165, 1.54) is 0 Å². The lowest BCUT2D eigenvalue weighted by molar-refractivity contribution is 0.296. The molecule has 1 aliphatic heterocycles. The second-order valence-electron chi connectivity index (χ2n) is 7.74. The molecule has 3 aromatic heterocycles. The summed E-state index contributed by atoms with van der Waals surface area (Å²) in [5.74, 6) is 1.75. The molecule has 5 rings (SSSR count). The van der Waals surface area contributed by atoms with Gasteiger partial charge in [-0.3, -0.25) is 4.98 Å². The van der Waals surface area contributed by atoms with E-state index in [-0.39, 0.29) is 12.1 Å². The molecule has 32 heavy (non-hydrogen) atoms. The van der Waals surface area contributed by atoms with Crippen LogP contribution in [0.2, 0.25) is 0 Å². The van der Waals surface area contributed by atoms with Crippen LogP contribution in [0.1, 0.15) is 34.8 Å². The number of benzene rings is 1. The average molecular weight is 445 g/mol. The number of rotatable bonds is 7. The summed E-state index contributed by atoms with van der Waals surface area (Å²) in [6.07, 6.45) is 5.61. The lowest BCUT2D eigenvalue weighted by atomic mass is 10.0. The number of methoxy groups -OCH3 is 1. The first-order chi connectivity index (χ1) is 15.7. The van der Waals surface area contributed by atoms with Gasteiger partial charge in [0.25, 0.3) is 0 Å². The van der Waals surface area contributed by atoms with Gasteiger partial charge in [-0.1, -0.05) is 18.2 Å². The van der Waals surface area contributed by atoms with Gasteiger partial charge in [0, 0.05) is 24.6 Å². The fraction of sp³-hybridized carbons (Fsp3) is 0.200. The highest BCUT2D eigenvalue weighted by molar-refractivity contribution is 7.80. The largest absolute Gasteiger partial charge is 0.497 e. The molecular weight excluding hydrogens is 420 g/mol. The van der Waals surface area contributed by atoms with Crippen molar-refractivity contribution >= 4 is 17.3 Å². The SMILES string of the molecule is COc1ccc(CN2C(=S)N[C@@H](c3ccccn3)[C@H]2c2cccn2Cc2ccco2)cc1. The number of aromatic nitrogens is 2. The zero-order chi connectivity index (χ0) is 21.9. The number of nitrogens with one attached hydrogen (secondary N) is 1. The zero-order valence-corrected chi connectivity index (χ0v) is 18.5. The third-order valence-electron chi connectivity index (χ3n) is 5.78. The highest BCUT2D eigenvalue weighted by atomic mass is 32.1. The summed E-state index contributed by atoms with van der Waals surface area (Å²) in [7, 11) is 1.68. The molecule has 0 bridgehead atoms. The van der Waals surface area contributed by atoms with Crippen molar-refractivity contribution < 1.29 is 9.15 Å². The van der Waals surface area contributed by atoms with E-state index >= 15 is 0 Å². The van der Waals surface area contributed by atoms with E-state index in [2.05, 4.69) is 50.2 Å². The quantitative estimate of drug-likeness (QED) is 0.417. The second kappa shape index (κ2) is 8.88. The number of pyridine rings is 1. The van der Waals surface area contributed by atoms with E-state index in [0.29, 0.717) is 18.2 Å². The van der Waals surface area contributed by atoms with Gasteiger partial charge in [-0.15, -0.1) is 0 Å². The lowest BCUT2D eigenvalue weighted by Gasteiger charge is -2.29. The Morgan fingerprint density at radius 2 is 1.91 bits per heavy atom. The Kier molecular flexibility index (Phi) is 5.64. The Balaban J connectivity index is 1.52. The minimum Gasteiger partial charge on any atom is -0.497 e. The molecule has 1 aliphatic rings. The molecule has 1 fully saturated rings. The molecule has 1 N–H and O–H groups in total. The van der Waals surface area contributed by atoms with Gasteiger partial charge in [-0.25, -0.2) is 0 Å². The maximum absolute atomic E-state index is 5.81. The Bertz CT molecular complexity index is 1170. The summed E-state index contributed by atoms with van der Waals surface area (Å²) in [5, 5.41) is 4.24. The van der Waals surface area contributed by atoms with Crippen LogP contribution >= 0.6 is 12.2 Å². The molecule has 0 saturated carbocycles. The molecule has 1 saturated heterocycles. The topological polar surface area (TPSA) is 55.5 Å². The first kappa shape index (κ1) is 20.3. The van der Waals surface area contributed by atoms with Crippen molar-refractivity contribution in [2.45, 2.75) is 25.2 Å². The molecule has 6 nitrogen and oxygen atoms in total. The van der Waals surface area contributed by atoms with E-state index < -0.39 is 0 Å². The summed E-state index contributed by atoms with van der Waals surface area (Å²) >= 11 is 5.81. The van der Waals surface area contributed by atoms with Gasteiger partial charge in [-0.05, 0) is 66.3 Å². The van der Waals surface area contributed by atoms with Crippen LogP contribution in [0.3, 0.4) is 0 Å². The fourth-order valence-electron chi connectivity index (χ4n) is 4.24. The number of furan rings is 1. The molecule has 1 aromatic carbocycles. The molecule has 0 radical (unpaired) electrons. The predicted octanol–water partition coefficient (Wildman–Crippen LogP) is 4.71. The van der Waals surface area contributed by atoms with E-state index in [1.54, 1.807) is 13.4 Å². The second-order valence-corrected chi connectivity index (χ2v) is 8.13. The van der Waals surface area contributed by atoms with E-state index in [0.717, 1.165) is 28.5 Å². The van der Waals surface area contributed by atoms with Crippen molar-refractivity contribution in [1.29, 1.82) is 0 Å². The number of nitrogens with zero attached hydrogens (tertiary/aromatic N) is 3. The Morgan fingerprint density at radius 1 is 1.03 bits per heavy atom. The average Bonchev–Trinajstić information content (AvgIpc) is 3.57. The fourth-order valence-corrected chi connectivity index (χ4v) is 4.54. The van der Waals surface area contributed by atoms with Crippen LogP contribution in [0.25, 0.3) is 0 Å². The minimum atomic E-state index is -0.0628. The van der Waals surface area contributed by atoms with Gasteiger partial charge in [0.1, 0.15) is 11.5 Å². The van der Waals surface area contributed by atoms with Crippen molar-refractivity contribution in [2.75, 3.05) is 7.11 Å². The minimum absolute atomic E-state index is 0.0236. The van der Waals surface area contributed by atoms with Crippen molar-refractivity contribution in [3.05, 3.63) is 108 Å². The van der Waals surface area contributed by atoms with Crippen LogP contribution in [0.4, 0.5) is 0 Å². The lowest BCUT2D eigenvalue weighted by Crippen LogP contribution is -2.30. The van der Waals surface area contributed by atoms with E-state index in [9.17, 15) is 0 Å². The van der Waals surface area contributed by atoms with Gasteiger partial charge in [0.05, 0.1) is 37.7 Å². The molecule has 7 heteroatoms. The van der Waals surface area contributed by atoms with Crippen LogP contribution in [0, 0.1) is 0 Å². The van der Waals surface area contributed by atoms with Crippen LogP contribution < -0.4 is 10.1 Å². The standard InChI is InChI=1S/C25H24N4O2S/c1-30-19-11-9-18(10-12-19)16-29-24(23(27-25(29)32)21-7-2-3-13-26-21)22-8-4-14-28(22)17-20-6-5-15-31-20/h2-15,23-24H,16-17H2,1H3,(H,27,32)/t23-,24+/m0/s1. The molecule has 162 valence electrons. The molecule has 4 aromatic rings.